The van der Waals surface area contributed by atoms with Gasteiger partial charge in [-0.05, 0) is 37.0 Å². The Bertz CT molecular complexity index is 420. The fourth-order valence-electron chi connectivity index (χ4n) is 1.98. The van der Waals surface area contributed by atoms with Crippen LogP contribution >= 0.6 is 23.2 Å². The molecule has 98 valence electrons. The second-order valence-corrected chi connectivity index (χ2v) is 6.20. The first-order valence-electron chi connectivity index (χ1n) is 6.34. The molecule has 1 aromatic rings. The second-order valence-electron chi connectivity index (χ2n) is 5.39. The third-order valence-corrected chi connectivity index (χ3v) is 4.22. The first-order chi connectivity index (χ1) is 8.54. The maximum Gasteiger partial charge on any atom is 0.0453 e. The van der Waals surface area contributed by atoms with Gasteiger partial charge in [-0.3, -0.25) is 0 Å². The lowest BCUT2D eigenvalue weighted by Crippen LogP contribution is -2.33. The van der Waals surface area contributed by atoms with E-state index in [1.807, 2.05) is 24.3 Å². The molecule has 1 aliphatic carbocycles. The van der Waals surface area contributed by atoms with E-state index in [9.17, 15) is 0 Å². The lowest BCUT2D eigenvalue weighted by molar-refractivity contribution is 0.389. The number of rotatable bonds is 6. The summed E-state index contributed by atoms with van der Waals surface area (Å²) in [6, 6.07) is 6.36. The molecule has 0 amide bonds. The Hall–Kier alpha value is -0.500. The van der Waals surface area contributed by atoms with Crippen LogP contribution in [0, 0.1) is 5.41 Å². The van der Waals surface area contributed by atoms with E-state index in [4.69, 9.17) is 23.2 Å². The highest BCUT2D eigenvalue weighted by atomic mass is 35.5. The summed E-state index contributed by atoms with van der Waals surface area (Å²) in [5.74, 6) is 0. The number of benzene rings is 1. The summed E-state index contributed by atoms with van der Waals surface area (Å²) in [7, 11) is 0. The monoisotopic (exact) mass is 283 g/mol. The van der Waals surface area contributed by atoms with Crippen molar-refractivity contribution in [3.8, 4) is 0 Å². The van der Waals surface area contributed by atoms with Crippen molar-refractivity contribution in [2.45, 2.75) is 32.2 Å². The van der Waals surface area contributed by atoms with Gasteiger partial charge in [0.1, 0.15) is 0 Å². The van der Waals surface area contributed by atoms with Gasteiger partial charge in [0, 0.05) is 28.0 Å². The Kier molecular flexibility index (Phi) is 4.37. The number of hydrogen-bond donors (Lipinski definition) is 1. The Morgan fingerprint density at radius 3 is 2.50 bits per heavy atom. The topological polar surface area (TPSA) is 12.0 Å². The van der Waals surface area contributed by atoms with Gasteiger partial charge in [-0.1, -0.05) is 42.3 Å². The lowest BCUT2D eigenvalue weighted by Gasteiger charge is -2.27. The van der Waals surface area contributed by atoms with Crippen LogP contribution in [0.5, 0.6) is 0 Å². The summed E-state index contributed by atoms with van der Waals surface area (Å²) in [5, 5.41) is 5.03. The number of nitrogens with one attached hydrogen (secondary N) is 1. The molecule has 1 unspecified atom stereocenters. The van der Waals surface area contributed by atoms with Gasteiger partial charge in [-0.15, -0.1) is 6.58 Å². The molecule has 1 nitrogen and oxygen atoms in total. The Morgan fingerprint density at radius 2 is 2.00 bits per heavy atom. The smallest absolute Gasteiger partial charge is 0.0453 e. The zero-order valence-electron chi connectivity index (χ0n) is 10.7. The molecule has 0 heterocycles. The van der Waals surface area contributed by atoms with E-state index in [2.05, 4.69) is 18.8 Å². The van der Waals surface area contributed by atoms with Gasteiger partial charge in [0.25, 0.3) is 0 Å². The Labute approximate surface area is 119 Å². The molecular weight excluding hydrogens is 265 g/mol. The highest BCUT2D eigenvalue weighted by Gasteiger charge is 2.27. The van der Waals surface area contributed by atoms with Crippen LogP contribution < -0.4 is 5.32 Å². The molecule has 1 atom stereocenters. The normalized spacial score (nSPS) is 18.4. The van der Waals surface area contributed by atoms with Crippen LogP contribution in [0.3, 0.4) is 0 Å². The van der Waals surface area contributed by atoms with Gasteiger partial charge in [0.05, 0.1) is 0 Å². The maximum absolute atomic E-state index is 6.23. The van der Waals surface area contributed by atoms with Crippen molar-refractivity contribution in [3.05, 3.63) is 46.5 Å². The minimum absolute atomic E-state index is 0.0166. The van der Waals surface area contributed by atoms with Crippen molar-refractivity contribution in [1.82, 2.24) is 5.32 Å². The summed E-state index contributed by atoms with van der Waals surface area (Å²) >= 11 is 12.5. The third-order valence-electron chi connectivity index (χ3n) is 3.51. The van der Waals surface area contributed by atoms with E-state index in [0.29, 0.717) is 6.04 Å². The molecule has 0 bridgehead atoms. The molecule has 1 saturated carbocycles. The van der Waals surface area contributed by atoms with Crippen LogP contribution in [0.4, 0.5) is 0 Å². The molecule has 1 aromatic carbocycles. The van der Waals surface area contributed by atoms with Crippen molar-refractivity contribution >= 4 is 23.2 Å². The van der Waals surface area contributed by atoms with Crippen LogP contribution in [0.25, 0.3) is 0 Å². The summed E-state index contributed by atoms with van der Waals surface area (Å²) in [6.45, 7) is 7.07. The summed E-state index contributed by atoms with van der Waals surface area (Å²) < 4.78 is 0. The van der Waals surface area contributed by atoms with Gasteiger partial charge in [0.2, 0.25) is 0 Å². The van der Waals surface area contributed by atoms with E-state index in [0.717, 1.165) is 28.6 Å². The molecule has 0 radical (unpaired) electrons. The molecule has 0 spiro atoms. The first kappa shape index (κ1) is 13.9. The summed E-state index contributed by atoms with van der Waals surface area (Å²) in [6.07, 6.45) is 5.40. The highest BCUT2D eigenvalue weighted by molar-refractivity contribution is 6.36. The molecule has 0 aromatic heterocycles. The Morgan fingerprint density at radius 1 is 1.39 bits per heavy atom. The van der Waals surface area contributed by atoms with Crippen LogP contribution in [0.15, 0.2) is 30.9 Å². The molecule has 0 saturated heterocycles. The number of halogens is 2. The minimum atomic E-state index is -0.0166. The SMILES string of the molecule is C=CC(C)(CNC1CC1)Cc1c(Cl)cccc1Cl. The summed E-state index contributed by atoms with van der Waals surface area (Å²) in [5.41, 5.74) is 0.998. The first-order valence-corrected chi connectivity index (χ1v) is 7.09. The van der Waals surface area contributed by atoms with E-state index < -0.39 is 0 Å². The predicted molar refractivity (Wildman–Crippen MR) is 79.5 cm³/mol. The molecule has 1 N–H and O–H groups in total. The third kappa shape index (κ3) is 3.50. The highest BCUT2D eigenvalue weighted by Crippen LogP contribution is 2.33. The average molecular weight is 284 g/mol. The van der Waals surface area contributed by atoms with Crippen molar-refractivity contribution in [2.24, 2.45) is 5.41 Å². The van der Waals surface area contributed by atoms with Crippen LogP contribution in [-0.2, 0) is 6.42 Å². The minimum Gasteiger partial charge on any atom is -0.313 e. The molecule has 1 aliphatic rings. The molecule has 18 heavy (non-hydrogen) atoms. The van der Waals surface area contributed by atoms with Crippen LogP contribution in [0.1, 0.15) is 25.3 Å². The molecule has 3 heteroatoms. The lowest BCUT2D eigenvalue weighted by atomic mass is 9.83. The zero-order valence-corrected chi connectivity index (χ0v) is 12.2. The van der Waals surface area contributed by atoms with Gasteiger partial charge >= 0.3 is 0 Å². The fraction of sp³-hybridized carbons (Fsp3) is 0.467. The Balaban J connectivity index is 2.10. The maximum atomic E-state index is 6.23. The zero-order chi connectivity index (χ0) is 13.2. The predicted octanol–water partition coefficient (Wildman–Crippen LogP) is 4.48. The average Bonchev–Trinajstić information content (AvgIpc) is 3.16. The van der Waals surface area contributed by atoms with Gasteiger partial charge < -0.3 is 5.32 Å². The van der Waals surface area contributed by atoms with Crippen molar-refractivity contribution in [3.63, 3.8) is 0 Å². The van der Waals surface area contributed by atoms with Crippen molar-refractivity contribution < 1.29 is 0 Å². The van der Waals surface area contributed by atoms with Gasteiger partial charge in [-0.2, -0.15) is 0 Å². The standard InChI is InChI=1S/C15H19Cl2N/c1-3-15(2,10-18-11-7-8-11)9-12-13(16)5-4-6-14(12)17/h3-6,11,18H,1,7-10H2,2H3. The van der Waals surface area contributed by atoms with Gasteiger partial charge in [-0.25, -0.2) is 0 Å². The van der Waals surface area contributed by atoms with E-state index in [1.54, 1.807) is 0 Å². The fourth-order valence-corrected chi connectivity index (χ4v) is 2.51. The van der Waals surface area contributed by atoms with Crippen molar-refractivity contribution in [2.75, 3.05) is 6.54 Å². The largest absolute Gasteiger partial charge is 0.313 e. The van der Waals surface area contributed by atoms with Crippen LogP contribution in [0.2, 0.25) is 10.0 Å². The quantitative estimate of drug-likeness (QED) is 0.759. The molecule has 1 fully saturated rings. The van der Waals surface area contributed by atoms with E-state index >= 15 is 0 Å². The van der Waals surface area contributed by atoms with E-state index in [1.165, 1.54) is 12.8 Å². The van der Waals surface area contributed by atoms with Gasteiger partial charge in [0.15, 0.2) is 0 Å². The van der Waals surface area contributed by atoms with E-state index in [-0.39, 0.29) is 5.41 Å². The van der Waals surface area contributed by atoms with Crippen LogP contribution in [-0.4, -0.2) is 12.6 Å². The molecular formula is C15H19Cl2N. The number of hydrogen-bond acceptors (Lipinski definition) is 1. The van der Waals surface area contributed by atoms with Crippen molar-refractivity contribution in [1.29, 1.82) is 0 Å². The molecule has 2 rings (SSSR count). The molecule has 0 aliphatic heterocycles. The second kappa shape index (κ2) is 5.64. The summed E-state index contributed by atoms with van der Waals surface area (Å²) in [4.78, 5) is 0.